The third-order valence-electron chi connectivity index (χ3n) is 3.78. The number of ether oxygens (including phenoxy) is 1. The highest BCUT2D eigenvalue weighted by atomic mass is 16.5. The molecule has 116 valence electrons. The summed E-state index contributed by atoms with van der Waals surface area (Å²) in [7, 11) is 0. The van der Waals surface area contributed by atoms with E-state index in [1.807, 2.05) is 36.4 Å². The van der Waals surface area contributed by atoms with Crippen molar-refractivity contribution in [3.05, 3.63) is 53.4 Å². The van der Waals surface area contributed by atoms with Gasteiger partial charge in [-0.15, -0.1) is 0 Å². The van der Waals surface area contributed by atoms with Crippen molar-refractivity contribution >= 4 is 5.91 Å². The van der Waals surface area contributed by atoms with Crippen LogP contribution < -0.4 is 5.32 Å². The third-order valence-corrected chi connectivity index (χ3v) is 3.78. The summed E-state index contributed by atoms with van der Waals surface area (Å²) in [4.78, 5) is 11.9. The van der Waals surface area contributed by atoms with E-state index >= 15 is 0 Å². The lowest BCUT2D eigenvalue weighted by Crippen LogP contribution is -2.30. The number of benzene rings is 1. The maximum Gasteiger partial charge on any atom is 0.226 e. The quantitative estimate of drug-likeness (QED) is 0.886. The van der Waals surface area contributed by atoms with Gasteiger partial charge in [-0.25, -0.2) is 0 Å². The highest BCUT2D eigenvalue weighted by Gasteiger charge is 2.17. The molecule has 0 radical (unpaired) electrons. The molecule has 1 amide bonds. The molecule has 22 heavy (non-hydrogen) atoms. The Bertz CT molecular complexity index is 603. The van der Waals surface area contributed by atoms with Gasteiger partial charge in [-0.05, 0) is 12.0 Å². The second-order valence-corrected chi connectivity index (χ2v) is 5.66. The number of hydrogen-bond donors (Lipinski definition) is 1. The largest absolute Gasteiger partial charge is 0.381 e. The molecule has 1 aromatic heterocycles. The van der Waals surface area contributed by atoms with E-state index in [1.54, 1.807) is 0 Å². The number of amides is 1. The normalized spacial score (nSPS) is 17.5. The molecule has 1 unspecified atom stereocenters. The van der Waals surface area contributed by atoms with E-state index in [0.717, 1.165) is 31.0 Å². The van der Waals surface area contributed by atoms with Crippen molar-refractivity contribution in [3.8, 4) is 0 Å². The summed E-state index contributed by atoms with van der Waals surface area (Å²) in [6.07, 6.45) is 1.96. The fraction of sp³-hybridized carbons (Fsp3) is 0.412. The molecule has 1 aliphatic rings. The van der Waals surface area contributed by atoms with Gasteiger partial charge in [0.25, 0.3) is 0 Å². The number of carbonyl (C=O) groups excluding carboxylic acids is 1. The topological polar surface area (TPSA) is 64.4 Å². The molecule has 3 rings (SSSR count). The van der Waals surface area contributed by atoms with Crippen molar-refractivity contribution in [1.82, 2.24) is 10.5 Å². The lowest BCUT2D eigenvalue weighted by atomic mass is 10.1. The van der Waals surface area contributed by atoms with Crippen LogP contribution in [0, 0.1) is 5.92 Å². The number of carbonyl (C=O) groups is 1. The molecule has 0 aliphatic carbocycles. The Labute approximate surface area is 129 Å². The van der Waals surface area contributed by atoms with E-state index in [4.69, 9.17) is 9.26 Å². The molecule has 1 fully saturated rings. The van der Waals surface area contributed by atoms with Gasteiger partial charge in [-0.2, -0.15) is 0 Å². The van der Waals surface area contributed by atoms with Crippen LogP contribution in [0.3, 0.4) is 0 Å². The second-order valence-electron chi connectivity index (χ2n) is 5.66. The maximum absolute atomic E-state index is 11.9. The van der Waals surface area contributed by atoms with Gasteiger partial charge in [0, 0.05) is 31.6 Å². The summed E-state index contributed by atoms with van der Waals surface area (Å²) in [5.74, 6) is 1.19. The Morgan fingerprint density at radius 1 is 1.32 bits per heavy atom. The van der Waals surface area contributed by atoms with Crippen molar-refractivity contribution < 1.29 is 14.1 Å². The van der Waals surface area contributed by atoms with Gasteiger partial charge in [-0.1, -0.05) is 35.5 Å². The summed E-state index contributed by atoms with van der Waals surface area (Å²) in [6.45, 7) is 2.21. The van der Waals surface area contributed by atoms with Crippen molar-refractivity contribution in [2.75, 3.05) is 19.8 Å². The highest BCUT2D eigenvalue weighted by Crippen LogP contribution is 2.12. The summed E-state index contributed by atoms with van der Waals surface area (Å²) in [5, 5.41) is 6.90. The number of nitrogens with zero attached hydrogens (tertiary/aromatic N) is 1. The van der Waals surface area contributed by atoms with E-state index in [2.05, 4.69) is 10.5 Å². The average Bonchev–Trinajstić information content (AvgIpc) is 3.18. The Hall–Kier alpha value is -2.14. The minimum absolute atomic E-state index is 0.0218. The zero-order chi connectivity index (χ0) is 15.2. The lowest BCUT2D eigenvalue weighted by Gasteiger charge is -2.08. The van der Waals surface area contributed by atoms with Gasteiger partial charge in [0.05, 0.1) is 18.7 Å². The Balaban J connectivity index is 1.47. The first kappa shape index (κ1) is 14.8. The lowest BCUT2D eigenvalue weighted by molar-refractivity contribution is -0.120. The SMILES string of the molecule is O=C(Cc1cc(Cc2ccccc2)on1)NCC1CCOC1. The molecule has 1 N–H and O–H groups in total. The first-order valence-corrected chi connectivity index (χ1v) is 7.62. The summed E-state index contributed by atoms with van der Waals surface area (Å²) < 4.78 is 10.6. The van der Waals surface area contributed by atoms with Gasteiger partial charge in [-0.3, -0.25) is 4.79 Å². The van der Waals surface area contributed by atoms with Crippen molar-refractivity contribution in [2.24, 2.45) is 5.92 Å². The Kier molecular flexibility index (Phi) is 4.85. The molecule has 1 atom stereocenters. The van der Waals surface area contributed by atoms with Crippen molar-refractivity contribution in [2.45, 2.75) is 19.3 Å². The monoisotopic (exact) mass is 300 g/mol. The van der Waals surface area contributed by atoms with Crippen LogP contribution >= 0.6 is 0 Å². The molecular weight excluding hydrogens is 280 g/mol. The second kappa shape index (κ2) is 7.22. The fourth-order valence-corrected chi connectivity index (χ4v) is 2.55. The van der Waals surface area contributed by atoms with Gasteiger partial charge in [0.2, 0.25) is 5.91 Å². The highest BCUT2D eigenvalue weighted by molar-refractivity contribution is 5.78. The van der Waals surface area contributed by atoms with Gasteiger partial charge in [0.15, 0.2) is 0 Å². The van der Waals surface area contributed by atoms with E-state index < -0.39 is 0 Å². The fourth-order valence-electron chi connectivity index (χ4n) is 2.55. The minimum atomic E-state index is -0.0218. The van der Waals surface area contributed by atoms with Gasteiger partial charge >= 0.3 is 0 Å². The molecule has 2 heterocycles. The van der Waals surface area contributed by atoms with Crippen LogP contribution in [-0.4, -0.2) is 30.8 Å². The first-order chi connectivity index (χ1) is 10.8. The molecule has 5 heteroatoms. The van der Waals surface area contributed by atoms with Crippen LogP contribution in [-0.2, 0) is 22.4 Å². The molecule has 0 saturated carbocycles. The van der Waals surface area contributed by atoms with Crippen LogP contribution in [0.25, 0.3) is 0 Å². The van der Waals surface area contributed by atoms with Crippen LogP contribution in [0.2, 0.25) is 0 Å². The number of aromatic nitrogens is 1. The van der Waals surface area contributed by atoms with Gasteiger partial charge in [0.1, 0.15) is 5.76 Å². The van der Waals surface area contributed by atoms with Crippen molar-refractivity contribution in [1.29, 1.82) is 0 Å². The summed E-state index contributed by atoms with van der Waals surface area (Å²) >= 11 is 0. The molecule has 1 aromatic carbocycles. The number of rotatable bonds is 6. The van der Waals surface area contributed by atoms with Crippen LogP contribution in [0.5, 0.6) is 0 Å². The standard InChI is InChI=1S/C17H20N2O3/c20-17(18-11-14-6-7-21-12-14)10-15-9-16(22-19-15)8-13-4-2-1-3-5-13/h1-5,9,14H,6-8,10-12H2,(H,18,20). The third kappa shape index (κ3) is 4.18. The Morgan fingerprint density at radius 2 is 2.18 bits per heavy atom. The van der Waals surface area contributed by atoms with Gasteiger partial charge < -0.3 is 14.6 Å². The summed E-state index contributed by atoms with van der Waals surface area (Å²) in [5.41, 5.74) is 1.84. The predicted octanol–water partition coefficient (Wildman–Crippen LogP) is 1.96. The van der Waals surface area contributed by atoms with E-state index in [0.29, 0.717) is 24.6 Å². The average molecular weight is 300 g/mol. The predicted molar refractivity (Wildman–Crippen MR) is 81.4 cm³/mol. The van der Waals surface area contributed by atoms with E-state index in [9.17, 15) is 4.79 Å². The smallest absolute Gasteiger partial charge is 0.226 e. The molecule has 1 saturated heterocycles. The first-order valence-electron chi connectivity index (χ1n) is 7.62. The molecule has 2 aromatic rings. The molecule has 0 spiro atoms. The number of nitrogens with one attached hydrogen (secondary N) is 1. The van der Waals surface area contributed by atoms with Crippen LogP contribution in [0.4, 0.5) is 0 Å². The minimum Gasteiger partial charge on any atom is -0.381 e. The van der Waals surface area contributed by atoms with Crippen molar-refractivity contribution in [3.63, 3.8) is 0 Å². The number of hydrogen-bond acceptors (Lipinski definition) is 4. The molecule has 0 bridgehead atoms. The van der Waals surface area contributed by atoms with Crippen LogP contribution in [0.1, 0.15) is 23.4 Å². The van der Waals surface area contributed by atoms with Crippen LogP contribution in [0.15, 0.2) is 40.9 Å². The Morgan fingerprint density at radius 3 is 2.95 bits per heavy atom. The molecule has 1 aliphatic heterocycles. The molecular formula is C17H20N2O3. The maximum atomic E-state index is 11.9. The van der Waals surface area contributed by atoms with E-state index in [1.165, 1.54) is 0 Å². The zero-order valence-corrected chi connectivity index (χ0v) is 12.5. The zero-order valence-electron chi connectivity index (χ0n) is 12.5. The van der Waals surface area contributed by atoms with E-state index in [-0.39, 0.29) is 12.3 Å². The molecule has 5 nitrogen and oxygen atoms in total. The summed E-state index contributed by atoms with van der Waals surface area (Å²) in [6, 6.07) is 11.9.